The van der Waals surface area contributed by atoms with Crippen molar-refractivity contribution < 1.29 is 4.74 Å². The first kappa shape index (κ1) is 12.4. The smallest absolute Gasteiger partial charge is 0.253 e. The van der Waals surface area contributed by atoms with E-state index >= 15 is 0 Å². The van der Waals surface area contributed by atoms with E-state index in [-0.39, 0.29) is 5.56 Å². The minimum Gasteiger partial charge on any atom is -0.497 e. The highest BCUT2D eigenvalue weighted by Crippen LogP contribution is 2.13. The molecule has 0 aliphatic heterocycles. The molecule has 0 spiro atoms. The lowest BCUT2D eigenvalue weighted by Crippen LogP contribution is -2.16. The molecule has 0 unspecified atom stereocenters. The Morgan fingerprint density at radius 3 is 2.61 bits per heavy atom. The van der Waals surface area contributed by atoms with Crippen LogP contribution >= 0.6 is 12.2 Å². The van der Waals surface area contributed by atoms with Gasteiger partial charge in [-0.15, -0.1) is 0 Å². The second-order valence-electron chi connectivity index (χ2n) is 3.80. The molecule has 0 fully saturated rings. The first-order valence-corrected chi connectivity index (χ1v) is 5.73. The zero-order valence-electron chi connectivity index (χ0n) is 9.84. The Kier molecular flexibility index (Phi) is 3.47. The van der Waals surface area contributed by atoms with E-state index in [0.29, 0.717) is 17.1 Å². The molecule has 18 heavy (non-hydrogen) atoms. The molecule has 0 saturated heterocycles. The van der Waals surface area contributed by atoms with Crippen molar-refractivity contribution in [2.24, 2.45) is 0 Å². The molecule has 1 heterocycles. The number of benzene rings is 1. The average molecular weight is 263 g/mol. The Hall–Kier alpha value is -2.08. The van der Waals surface area contributed by atoms with Crippen molar-refractivity contribution in [1.29, 1.82) is 0 Å². The van der Waals surface area contributed by atoms with E-state index < -0.39 is 0 Å². The first-order chi connectivity index (χ1) is 8.60. The topological polar surface area (TPSA) is 73.0 Å². The third-order valence-electron chi connectivity index (χ3n) is 2.57. The van der Waals surface area contributed by atoms with Gasteiger partial charge in [0.25, 0.3) is 5.56 Å². The average Bonchev–Trinajstić information content (AvgIpc) is 2.34. The normalized spacial score (nSPS) is 10.3. The van der Waals surface area contributed by atoms with Crippen molar-refractivity contribution in [1.82, 2.24) is 9.55 Å². The van der Waals surface area contributed by atoms with Gasteiger partial charge in [0.15, 0.2) is 4.77 Å². The number of nitrogen functional groups attached to an aromatic ring is 1. The molecule has 3 N–H and O–H groups in total. The number of methoxy groups -OCH3 is 1. The van der Waals surface area contributed by atoms with Crippen LogP contribution in [-0.4, -0.2) is 16.7 Å². The largest absolute Gasteiger partial charge is 0.497 e. The van der Waals surface area contributed by atoms with E-state index in [2.05, 4.69) is 4.98 Å². The summed E-state index contributed by atoms with van der Waals surface area (Å²) in [6.07, 6.45) is 0. The number of aromatic nitrogens is 2. The van der Waals surface area contributed by atoms with Gasteiger partial charge in [-0.2, -0.15) is 0 Å². The number of H-pyrrole nitrogens is 1. The van der Waals surface area contributed by atoms with Crippen LogP contribution in [0.2, 0.25) is 0 Å². The maximum Gasteiger partial charge on any atom is 0.253 e. The molecule has 5 nitrogen and oxygen atoms in total. The van der Waals surface area contributed by atoms with Crippen LogP contribution in [0.3, 0.4) is 0 Å². The van der Waals surface area contributed by atoms with Crippen molar-refractivity contribution in [2.45, 2.75) is 6.54 Å². The first-order valence-electron chi connectivity index (χ1n) is 5.33. The van der Waals surface area contributed by atoms with Gasteiger partial charge in [-0.05, 0) is 29.9 Å². The summed E-state index contributed by atoms with van der Waals surface area (Å²) >= 11 is 5.08. The number of nitrogens with one attached hydrogen (secondary N) is 1. The molecular formula is C12H13N3O2S. The molecule has 1 aromatic carbocycles. The highest BCUT2D eigenvalue weighted by molar-refractivity contribution is 7.71. The Balaban J connectivity index is 2.34. The van der Waals surface area contributed by atoms with Crippen molar-refractivity contribution >= 4 is 18.0 Å². The van der Waals surface area contributed by atoms with E-state index in [1.54, 1.807) is 11.7 Å². The molecule has 2 rings (SSSR count). The van der Waals surface area contributed by atoms with Crippen molar-refractivity contribution in [3.05, 3.63) is 51.0 Å². The summed E-state index contributed by atoms with van der Waals surface area (Å²) in [5.74, 6) is 1.14. The van der Waals surface area contributed by atoms with E-state index in [9.17, 15) is 4.79 Å². The standard InChI is InChI=1S/C12H13N3O2S/c1-17-9-4-2-8(3-5-9)7-15-10(13)6-11(16)14-12(15)18/h2-6H,7,13H2,1H3,(H,14,16,18). The SMILES string of the molecule is COc1ccc(Cn2c(N)cc(=O)[nH]c2=S)cc1. The van der Waals surface area contributed by atoms with Crippen LogP contribution in [0.15, 0.2) is 35.1 Å². The minimum atomic E-state index is -0.288. The van der Waals surface area contributed by atoms with Gasteiger partial charge in [0.2, 0.25) is 0 Å². The molecule has 0 aliphatic rings. The van der Waals surface area contributed by atoms with Crippen LogP contribution < -0.4 is 16.0 Å². The molecule has 0 atom stereocenters. The summed E-state index contributed by atoms with van der Waals surface area (Å²) in [6, 6.07) is 8.89. The fourth-order valence-corrected chi connectivity index (χ4v) is 1.89. The van der Waals surface area contributed by atoms with Gasteiger partial charge in [0.1, 0.15) is 11.6 Å². The maximum atomic E-state index is 11.2. The number of hydrogen-bond donors (Lipinski definition) is 2. The number of rotatable bonds is 3. The molecular weight excluding hydrogens is 250 g/mol. The second-order valence-corrected chi connectivity index (χ2v) is 4.18. The van der Waals surface area contributed by atoms with E-state index in [4.69, 9.17) is 22.7 Å². The van der Waals surface area contributed by atoms with Gasteiger partial charge in [-0.25, -0.2) is 0 Å². The van der Waals surface area contributed by atoms with Crippen molar-refractivity contribution in [2.75, 3.05) is 12.8 Å². The lowest BCUT2D eigenvalue weighted by atomic mass is 10.2. The molecule has 6 heteroatoms. The number of nitrogens with two attached hydrogens (primary N) is 1. The molecule has 0 bridgehead atoms. The number of anilines is 1. The van der Waals surface area contributed by atoms with Crippen LogP contribution in [0.1, 0.15) is 5.56 Å². The van der Waals surface area contributed by atoms with Crippen LogP contribution in [-0.2, 0) is 6.54 Å². The van der Waals surface area contributed by atoms with Gasteiger partial charge in [-0.3, -0.25) is 9.78 Å². The van der Waals surface area contributed by atoms with Gasteiger partial charge >= 0.3 is 0 Å². The van der Waals surface area contributed by atoms with E-state index in [0.717, 1.165) is 11.3 Å². The molecule has 0 aliphatic carbocycles. The highest BCUT2D eigenvalue weighted by atomic mass is 32.1. The predicted molar refractivity (Wildman–Crippen MR) is 72.4 cm³/mol. The molecule has 0 amide bonds. The Bertz CT molecular complexity index is 658. The third-order valence-corrected chi connectivity index (χ3v) is 2.89. The lowest BCUT2D eigenvalue weighted by Gasteiger charge is -2.10. The monoisotopic (exact) mass is 263 g/mol. The number of ether oxygens (including phenoxy) is 1. The minimum absolute atomic E-state index is 0.288. The van der Waals surface area contributed by atoms with Crippen LogP contribution in [0.4, 0.5) is 5.82 Å². The summed E-state index contributed by atoms with van der Waals surface area (Å²) in [7, 11) is 1.62. The van der Waals surface area contributed by atoms with Gasteiger partial charge in [-0.1, -0.05) is 12.1 Å². The maximum absolute atomic E-state index is 11.2. The quantitative estimate of drug-likeness (QED) is 0.824. The summed E-state index contributed by atoms with van der Waals surface area (Å²) in [6.45, 7) is 0.505. The van der Waals surface area contributed by atoms with Gasteiger partial charge < -0.3 is 15.0 Å². The molecule has 1 aromatic heterocycles. The fraction of sp³-hybridized carbons (Fsp3) is 0.167. The Morgan fingerprint density at radius 2 is 2.06 bits per heavy atom. The van der Waals surface area contributed by atoms with E-state index in [1.807, 2.05) is 24.3 Å². The molecule has 0 saturated carbocycles. The fourth-order valence-electron chi connectivity index (χ4n) is 1.62. The van der Waals surface area contributed by atoms with Crippen molar-refractivity contribution in [3.8, 4) is 5.75 Å². The Labute approximate surface area is 109 Å². The van der Waals surface area contributed by atoms with Crippen molar-refractivity contribution in [3.63, 3.8) is 0 Å². The van der Waals surface area contributed by atoms with Gasteiger partial charge in [0, 0.05) is 6.07 Å². The van der Waals surface area contributed by atoms with Crippen LogP contribution in [0, 0.1) is 4.77 Å². The summed E-state index contributed by atoms with van der Waals surface area (Å²) in [4.78, 5) is 13.7. The zero-order valence-corrected chi connectivity index (χ0v) is 10.7. The summed E-state index contributed by atoms with van der Waals surface area (Å²) < 4.78 is 7.06. The number of aromatic amines is 1. The highest BCUT2D eigenvalue weighted by Gasteiger charge is 2.02. The van der Waals surface area contributed by atoms with E-state index in [1.165, 1.54) is 6.07 Å². The third kappa shape index (κ3) is 2.60. The number of nitrogens with zero attached hydrogens (tertiary/aromatic N) is 1. The molecule has 2 aromatic rings. The molecule has 94 valence electrons. The Morgan fingerprint density at radius 1 is 1.39 bits per heavy atom. The predicted octanol–water partition coefficient (Wildman–Crippen LogP) is 1.54. The number of hydrogen-bond acceptors (Lipinski definition) is 4. The van der Waals surface area contributed by atoms with Crippen LogP contribution in [0.25, 0.3) is 0 Å². The zero-order chi connectivity index (χ0) is 13.1. The van der Waals surface area contributed by atoms with Gasteiger partial charge in [0.05, 0.1) is 13.7 Å². The van der Waals surface area contributed by atoms with Crippen LogP contribution in [0.5, 0.6) is 5.75 Å². The summed E-state index contributed by atoms with van der Waals surface area (Å²) in [5, 5.41) is 0. The lowest BCUT2D eigenvalue weighted by molar-refractivity contribution is 0.414. The molecule has 0 radical (unpaired) electrons. The summed E-state index contributed by atoms with van der Waals surface area (Å²) in [5.41, 5.74) is 6.51. The second kappa shape index (κ2) is 5.05.